The fraction of sp³-hybridized carbons (Fsp3) is 0.0714. The van der Waals surface area contributed by atoms with Gasteiger partial charge >= 0.3 is 0 Å². The van der Waals surface area contributed by atoms with E-state index < -0.39 is 10.9 Å². The van der Waals surface area contributed by atoms with Gasteiger partial charge in [-0.15, -0.1) is 11.3 Å². The molecule has 0 radical (unpaired) electrons. The monoisotopic (exact) mass is 343 g/mol. The number of pyridine rings is 1. The molecule has 8 N–H and O–H groups in total. The lowest BCUT2D eigenvalue weighted by molar-refractivity contribution is 1.05. The van der Waals surface area contributed by atoms with Crippen molar-refractivity contribution in [2.24, 2.45) is 22.2 Å². The van der Waals surface area contributed by atoms with Crippen LogP contribution in [0.1, 0.15) is 5.56 Å². The summed E-state index contributed by atoms with van der Waals surface area (Å²) in [4.78, 5) is 35.5. The predicted octanol–water partition coefficient (Wildman–Crippen LogP) is -0.586. The average Bonchev–Trinajstić information content (AvgIpc) is 3.02. The summed E-state index contributed by atoms with van der Waals surface area (Å²) < 4.78 is 0. The minimum atomic E-state index is -0.694. The van der Waals surface area contributed by atoms with Crippen LogP contribution in [-0.4, -0.2) is 15.9 Å². The second-order valence-electron chi connectivity index (χ2n) is 4.91. The summed E-state index contributed by atoms with van der Waals surface area (Å²) in [5.74, 6) is -0.104. The van der Waals surface area contributed by atoms with Crippen molar-refractivity contribution in [2.75, 3.05) is 5.73 Å². The van der Waals surface area contributed by atoms with Crippen molar-refractivity contribution < 1.29 is 0 Å². The van der Waals surface area contributed by atoms with Crippen LogP contribution >= 0.6 is 11.3 Å². The van der Waals surface area contributed by atoms with Gasteiger partial charge in [0, 0.05) is 11.9 Å². The van der Waals surface area contributed by atoms with Crippen LogP contribution in [0, 0.1) is 0 Å². The molecule has 0 spiro atoms. The highest BCUT2D eigenvalue weighted by molar-refractivity contribution is 7.13. The molecule has 0 aliphatic rings. The molecule has 3 rings (SSSR count). The zero-order valence-electron chi connectivity index (χ0n) is 12.3. The Balaban J connectivity index is 2.12. The van der Waals surface area contributed by atoms with Gasteiger partial charge < -0.3 is 22.9 Å². The van der Waals surface area contributed by atoms with Gasteiger partial charge in [0.1, 0.15) is 5.69 Å². The first kappa shape index (κ1) is 15.8. The van der Waals surface area contributed by atoms with Gasteiger partial charge in [-0.2, -0.15) is 4.99 Å². The van der Waals surface area contributed by atoms with E-state index in [4.69, 9.17) is 22.9 Å². The third kappa shape index (κ3) is 2.53. The number of rotatable bonds is 4. The summed E-state index contributed by atoms with van der Waals surface area (Å²) >= 11 is 1.23. The van der Waals surface area contributed by atoms with E-state index in [9.17, 15) is 9.59 Å². The zero-order valence-corrected chi connectivity index (χ0v) is 13.1. The fourth-order valence-electron chi connectivity index (χ4n) is 2.21. The molecule has 0 bridgehead atoms. The molecule has 0 saturated carbocycles. The highest BCUT2D eigenvalue weighted by Gasteiger charge is 2.22. The third-order valence-electron chi connectivity index (χ3n) is 3.36. The lowest BCUT2D eigenvalue weighted by Crippen LogP contribution is -2.36. The highest BCUT2D eigenvalue weighted by atomic mass is 32.1. The van der Waals surface area contributed by atoms with E-state index in [0.717, 1.165) is 5.56 Å². The summed E-state index contributed by atoms with van der Waals surface area (Å²) in [7, 11) is 0. The fourth-order valence-corrected chi connectivity index (χ4v) is 2.90. The number of nitrogen functional groups attached to an aromatic ring is 1. The first-order valence-electron chi connectivity index (χ1n) is 6.77. The van der Waals surface area contributed by atoms with Gasteiger partial charge in [-0.25, -0.2) is 9.97 Å². The molecule has 9 nitrogen and oxygen atoms in total. The van der Waals surface area contributed by atoms with E-state index in [1.165, 1.54) is 11.3 Å². The standard InChI is InChI=1S/C14H13N7O2S/c15-3-5-1-2-6(8-9(16)12(23)11(8)22)19-10(5)7-4-24-14(20-7)21-13(17)18/h1-2,4H,3,15-16H2,(H4,17,18,20,21). The molecule has 2 aromatic heterocycles. The van der Waals surface area contributed by atoms with Crippen LogP contribution in [0.15, 0.2) is 32.1 Å². The van der Waals surface area contributed by atoms with E-state index in [-0.39, 0.29) is 23.8 Å². The molecule has 3 aromatic rings. The summed E-state index contributed by atoms with van der Waals surface area (Å²) in [5.41, 5.74) is 22.7. The number of hydrogen-bond acceptors (Lipinski definition) is 8. The number of nitrogens with zero attached hydrogens (tertiary/aromatic N) is 3. The van der Waals surface area contributed by atoms with Gasteiger partial charge in [-0.1, -0.05) is 6.07 Å². The van der Waals surface area contributed by atoms with Crippen molar-refractivity contribution in [1.29, 1.82) is 0 Å². The Labute approximate surface area is 139 Å². The smallest absolute Gasteiger partial charge is 0.250 e. The largest absolute Gasteiger partial charge is 0.395 e. The molecule has 24 heavy (non-hydrogen) atoms. The topological polar surface area (TPSA) is 176 Å². The van der Waals surface area contributed by atoms with Crippen LogP contribution in [0.3, 0.4) is 0 Å². The molecule has 0 aliphatic carbocycles. The van der Waals surface area contributed by atoms with Gasteiger partial charge in [0.15, 0.2) is 5.96 Å². The SMILES string of the molecule is NCc1ccc(-c2c(N)c(=O)c2=O)nc1-c1csc(N=C(N)N)n1. The molecule has 10 heteroatoms. The first-order valence-corrected chi connectivity index (χ1v) is 7.65. The molecule has 0 fully saturated rings. The molecule has 0 amide bonds. The van der Waals surface area contributed by atoms with Gasteiger partial charge in [-0.05, 0) is 11.6 Å². The molecule has 0 unspecified atom stereocenters. The average molecular weight is 343 g/mol. The van der Waals surface area contributed by atoms with E-state index in [0.29, 0.717) is 22.2 Å². The zero-order chi connectivity index (χ0) is 17.4. The number of anilines is 1. The molecule has 0 aliphatic heterocycles. The summed E-state index contributed by atoms with van der Waals surface area (Å²) in [5, 5.41) is 2.09. The molecule has 2 heterocycles. The molecular formula is C14H13N7O2S. The molecule has 0 atom stereocenters. The number of hydrogen-bond donors (Lipinski definition) is 4. The maximum atomic E-state index is 11.7. The number of aliphatic imine (C=N–C) groups is 1. The maximum absolute atomic E-state index is 11.7. The number of thiazole rings is 1. The summed E-state index contributed by atoms with van der Waals surface area (Å²) in [6.45, 7) is 0.221. The Morgan fingerprint density at radius 3 is 2.50 bits per heavy atom. The lowest BCUT2D eigenvalue weighted by Gasteiger charge is -2.10. The van der Waals surface area contributed by atoms with Crippen molar-refractivity contribution in [2.45, 2.75) is 6.54 Å². The van der Waals surface area contributed by atoms with Crippen molar-refractivity contribution in [3.63, 3.8) is 0 Å². The highest BCUT2D eigenvalue weighted by Crippen LogP contribution is 2.30. The molecule has 1 aromatic carbocycles. The van der Waals surface area contributed by atoms with Gasteiger partial charge in [0.25, 0.3) is 0 Å². The molecule has 122 valence electrons. The van der Waals surface area contributed by atoms with E-state index in [1.807, 2.05) is 0 Å². The van der Waals surface area contributed by atoms with Crippen molar-refractivity contribution in [3.05, 3.63) is 43.5 Å². The van der Waals surface area contributed by atoms with E-state index in [1.54, 1.807) is 17.5 Å². The van der Waals surface area contributed by atoms with Gasteiger partial charge in [-0.3, -0.25) is 9.59 Å². The Kier molecular flexibility index (Phi) is 3.83. The third-order valence-corrected chi connectivity index (χ3v) is 4.10. The summed E-state index contributed by atoms with van der Waals surface area (Å²) in [6.07, 6.45) is 0. The van der Waals surface area contributed by atoms with Crippen LogP contribution in [0.5, 0.6) is 0 Å². The van der Waals surface area contributed by atoms with Crippen molar-refractivity contribution >= 4 is 28.1 Å². The molecular weight excluding hydrogens is 330 g/mol. The number of guanidine groups is 1. The Hall–Kier alpha value is -3.11. The Bertz CT molecular complexity index is 1030. The quantitative estimate of drug-likeness (QED) is 0.276. The second-order valence-corrected chi connectivity index (χ2v) is 5.74. The predicted molar refractivity (Wildman–Crippen MR) is 93.5 cm³/mol. The van der Waals surface area contributed by atoms with Gasteiger partial charge in [0.2, 0.25) is 16.0 Å². The van der Waals surface area contributed by atoms with Crippen molar-refractivity contribution in [3.8, 4) is 22.6 Å². The van der Waals surface area contributed by atoms with Crippen molar-refractivity contribution in [1.82, 2.24) is 9.97 Å². The minimum absolute atomic E-state index is 0.0848. The van der Waals surface area contributed by atoms with E-state index >= 15 is 0 Å². The lowest BCUT2D eigenvalue weighted by atomic mass is 10.0. The van der Waals surface area contributed by atoms with Crippen LogP contribution in [0.2, 0.25) is 0 Å². The van der Waals surface area contributed by atoms with E-state index in [2.05, 4.69) is 15.0 Å². The maximum Gasteiger partial charge on any atom is 0.250 e. The first-order chi connectivity index (χ1) is 11.4. The Morgan fingerprint density at radius 1 is 1.12 bits per heavy atom. The Morgan fingerprint density at radius 2 is 1.88 bits per heavy atom. The van der Waals surface area contributed by atoms with Gasteiger partial charge in [0.05, 0.1) is 22.6 Å². The van der Waals surface area contributed by atoms with Crippen LogP contribution < -0.4 is 33.8 Å². The van der Waals surface area contributed by atoms with Crippen LogP contribution in [0.25, 0.3) is 22.6 Å². The second kappa shape index (κ2) is 5.83. The normalized spacial score (nSPS) is 10.9. The summed E-state index contributed by atoms with van der Waals surface area (Å²) in [6, 6.07) is 3.31. The number of aromatic nitrogens is 2. The molecule has 0 saturated heterocycles. The minimum Gasteiger partial charge on any atom is -0.395 e. The van der Waals surface area contributed by atoms with Crippen LogP contribution in [-0.2, 0) is 6.54 Å². The number of nitrogens with two attached hydrogens (primary N) is 4. The van der Waals surface area contributed by atoms with Crippen LogP contribution in [0.4, 0.5) is 10.8 Å².